The zero-order chi connectivity index (χ0) is 14.9. The van der Waals surface area contributed by atoms with Gasteiger partial charge in [0, 0.05) is 5.97 Å². The van der Waals surface area contributed by atoms with E-state index in [1.807, 2.05) is 0 Å². The summed E-state index contributed by atoms with van der Waals surface area (Å²) in [6.07, 6.45) is 19.9. The van der Waals surface area contributed by atoms with Gasteiger partial charge in [0.2, 0.25) is 0 Å². The number of carbonyl (C=O) groups excluding carboxylic acids is 1. The van der Waals surface area contributed by atoms with Gasteiger partial charge in [0.15, 0.2) is 0 Å². The molecule has 0 aromatic heterocycles. The van der Waals surface area contributed by atoms with Crippen molar-refractivity contribution in [1.29, 1.82) is 0 Å². The Bertz CT molecular complexity index is 223. The van der Waals surface area contributed by atoms with Crippen LogP contribution < -0.4 is 34.7 Å². The minimum atomic E-state index is -0.903. The fourth-order valence-corrected chi connectivity index (χ4v) is 2.64. The van der Waals surface area contributed by atoms with Crippen molar-refractivity contribution in [2.24, 2.45) is 0 Å². The van der Waals surface area contributed by atoms with Crippen LogP contribution in [0, 0.1) is 0 Å². The summed E-state index contributed by atoms with van der Waals surface area (Å²) in [7, 11) is 0. The second-order valence-corrected chi connectivity index (χ2v) is 6.07. The Morgan fingerprint density at radius 3 is 1.23 bits per heavy atom. The maximum atomic E-state index is 10.2. The molecule has 0 aromatic rings. The summed E-state index contributed by atoms with van der Waals surface area (Å²) >= 11 is 0. The van der Waals surface area contributed by atoms with Crippen molar-refractivity contribution < 1.29 is 42.3 Å². The van der Waals surface area contributed by atoms with Gasteiger partial charge >= 0.3 is 67.3 Å². The average Bonchev–Trinajstić information content (AvgIpc) is 2.43. The predicted octanol–water partition coefficient (Wildman–Crippen LogP) is 1.85. The third kappa shape index (κ3) is 26.6. The molecule has 0 radical (unpaired) electrons. The summed E-state index contributed by atoms with van der Waals surface area (Å²) in [5.74, 6) is -0.903. The van der Waals surface area contributed by atoms with Crippen LogP contribution >= 0.6 is 0 Å². The number of carboxylic acids is 1. The fraction of sp³-hybridized carbons (Fsp3) is 0.944. The number of carbonyl (C=O) groups is 1. The van der Waals surface area contributed by atoms with E-state index in [1.54, 1.807) is 0 Å². The molecule has 0 fully saturated rings. The number of aliphatic carboxylic acids is 1. The Hall–Kier alpha value is 1.73. The SMILES string of the molecule is CCCCCCCCCCCCCCCCCC(=O)[O-].[Ca+2].[H-].[H-].[Na+]. The Labute approximate surface area is 193 Å². The van der Waals surface area contributed by atoms with Crippen molar-refractivity contribution in [3.8, 4) is 0 Å². The van der Waals surface area contributed by atoms with Crippen LogP contribution in [0.4, 0.5) is 0 Å². The van der Waals surface area contributed by atoms with E-state index in [1.165, 1.54) is 83.5 Å². The molecular formula is C18H37CaNaO2. The van der Waals surface area contributed by atoms with Crippen LogP contribution in [0.25, 0.3) is 0 Å². The summed E-state index contributed by atoms with van der Waals surface area (Å²) in [6, 6.07) is 0. The molecule has 0 saturated carbocycles. The van der Waals surface area contributed by atoms with Gasteiger partial charge < -0.3 is 12.8 Å². The Morgan fingerprint density at radius 1 is 0.682 bits per heavy atom. The van der Waals surface area contributed by atoms with Crippen LogP contribution in [0.3, 0.4) is 0 Å². The van der Waals surface area contributed by atoms with Crippen LogP contribution in [0.15, 0.2) is 0 Å². The number of carboxylic acid groups (broad SMARTS) is 1. The van der Waals surface area contributed by atoms with Crippen molar-refractivity contribution in [2.45, 2.75) is 110 Å². The van der Waals surface area contributed by atoms with Crippen LogP contribution in [-0.4, -0.2) is 43.7 Å². The molecule has 0 atom stereocenters. The third-order valence-corrected chi connectivity index (χ3v) is 3.98. The van der Waals surface area contributed by atoms with Crippen molar-refractivity contribution >= 4 is 43.7 Å². The van der Waals surface area contributed by atoms with E-state index in [0.29, 0.717) is 0 Å². The van der Waals surface area contributed by atoms with E-state index in [0.717, 1.165) is 12.8 Å². The summed E-state index contributed by atoms with van der Waals surface area (Å²) in [5, 5.41) is 10.2. The topological polar surface area (TPSA) is 40.1 Å². The number of hydrogen-bond donors (Lipinski definition) is 0. The minimum absolute atomic E-state index is 0. The smallest absolute Gasteiger partial charge is 1.00 e. The molecule has 0 aliphatic heterocycles. The van der Waals surface area contributed by atoms with Gasteiger partial charge in [0.05, 0.1) is 0 Å². The second kappa shape index (κ2) is 25.0. The zero-order valence-corrected chi connectivity index (χ0v) is 19.5. The number of unbranched alkanes of at least 4 members (excludes halogenated alkanes) is 14. The van der Waals surface area contributed by atoms with Gasteiger partial charge in [-0.3, -0.25) is 0 Å². The van der Waals surface area contributed by atoms with E-state index < -0.39 is 5.97 Å². The molecule has 0 bridgehead atoms. The first-order chi connectivity index (χ1) is 9.77. The van der Waals surface area contributed by atoms with E-state index >= 15 is 0 Å². The summed E-state index contributed by atoms with van der Waals surface area (Å²) in [4.78, 5) is 10.2. The van der Waals surface area contributed by atoms with Gasteiger partial charge in [-0.2, -0.15) is 0 Å². The first kappa shape index (κ1) is 28.5. The molecule has 0 amide bonds. The van der Waals surface area contributed by atoms with E-state index in [2.05, 4.69) is 6.92 Å². The third-order valence-electron chi connectivity index (χ3n) is 3.98. The number of hydrogen-bond acceptors (Lipinski definition) is 2. The molecule has 0 saturated heterocycles. The first-order valence-electron chi connectivity index (χ1n) is 8.97. The largest absolute Gasteiger partial charge is 2.00 e. The van der Waals surface area contributed by atoms with E-state index in [9.17, 15) is 9.90 Å². The molecule has 0 N–H and O–H groups in total. The molecule has 0 heterocycles. The van der Waals surface area contributed by atoms with Crippen LogP contribution in [0.5, 0.6) is 0 Å². The van der Waals surface area contributed by atoms with Gasteiger partial charge in [0.25, 0.3) is 0 Å². The van der Waals surface area contributed by atoms with E-state index in [4.69, 9.17) is 0 Å². The van der Waals surface area contributed by atoms with Gasteiger partial charge in [-0.05, 0) is 12.8 Å². The van der Waals surface area contributed by atoms with Crippen LogP contribution in [0.2, 0.25) is 0 Å². The quantitative estimate of drug-likeness (QED) is 0.315. The van der Waals surface area contributed by atoms with Crippen LogP contribution in [0.1, 0.15) is 113 Å². The van der Waals surface area contributed by atoms with Gasteiger partial charge in [0.1, 0.15) is 0 Å². The Kier molecular flexibility index (Phi) is 32.4. The van der Waals surface area contributed by atoms with Gasteiger partial charge in [-0.15, -0.1) is 0 Å². The zero-order valence-electron chi connectivity index (χ0n) is 17.3. The molecule has 22 heavy (non-hydrogen) atoms. The molecule has 0 unspecified atom stereocenters. The molecule has 0 aliphatic carbocycles. The molecule has 0 aromatic carbocycles. The summed E-state index contributed by atoms with van der Waals surface area (Å²) in [5.41, 5.74) is 0. The Balaban J connectivity index is -0.000000301. The fourth-order valence-electron chi connectivity index (χ4n) is 2.64. The minimum Gasteiger partial charge on any atom is -1.00 e. The molecule has 4 heteroatoms. The monoisotopic (exact) mass is 348 g/mol. The molecule has 0 rings (SSSR count). The maximum absolute atomic E-state index is 10.2. The Morgan fingerprint density at radius 2 is 0.955 bits per heavy atom. The van der Waals surface area contributed by atoms with Gasteiger partial charge in [-0.25, -0.2) is 0 Å². The van der Waals surface area contributed by atoms with Crippen molar-refractivity contribution in [3.05, 3.63) is 0 Å². The van der Waals surface area contributed by atoms with Crippen molar-refractivity contribution in [1.82, 2.24) is 0 Å². The standard InChI is InChI=1S/C18H36O2.Ca.Na.2H/c1-2-3-4-5-6-7-8-9-10-11-12-13-14-15-16-17-18(19)20;;;;/h2-17H2,1H3,(H,19,20);;;;/q;+2;+1;2*-1/p-1. The predicted molar refractivity (Wildman–Crippen MR) is 92.5 cm³/mol. The molecule has 0 spiro atoms. The molecular weight excluding hydrogens is 311 g/mol. The maximum Gasteiger partial charge on any atom is 2.00 e. The van der Waals surface area contributed by atoms with Crippen LogP contribution in [-0.2, 0) is 4.79 Å². The first-order valence-corrected chi connectivity index (χ1v) is 8.97. The number of rotatable bonds is 16. The van der Waals surface area contributed by atoms with Crippen molar-refractivity contribution in [2.75, 3.05) is 0 Å². The summed E-state index contributed by atoms with van der Waals surface area (Å²) in [6.45, 7) is 2.27. The second-order valence-electron chi connectivity index (χ2n) is 6.07. The average molecular weight is 349 g/mol. The van der Waals surface area contributed by atoms with Gasteiger partial charge in [-0.1, -0.05) is 96.8 Å². The molecule has 2 nitrogen and oxygen atoms in total. The molecule has 0 aliphatic rings. The normalized spacial score (nSPS) is 9.86. The van der Waals surface area contributed by atoms with Crippen molar-refractivity contribution in [3.63, 3.8) is 0 Å². The molecule has 124 valence electrons. The summed E-state index contributed by atoms with van der Waals surface area (Å²) < 4.78 is 0. The van der Waals surface area contributed by atoms with E-state index in [-0.39, 0.29) is 76.6 Å².